The molecule has 0 amide bonds. The van der Waals surface area contributed by atoms with E-state index >= 15 is 0 Å². The molecule has 4 aliphatic rings. The molecule has 1 aromatic carbocycles. The van der Waals surface area contributed by atoms with E-state index in [0.29, 0.717) is 5.41 Å². The Morgan fingerprint density at radius 2 is 1.30 bits per heavy atom. The van der Waals surface area contributed by atoms with E-state index in [1.807, 2.05) is 5.56 Å². The zero-order chi connectivity index (χ0) is 13.7. The highest BCUT2D eigenvalue weighted by Gasteiger charge is 2.52. The molecule has 0 heteroatoms. The van der Waals surface area contributed by atoms with Crippen molar-refractivity contribution in [2.45, 2.75) is 70.6 Å². The van der Waals surface area contributed by atoms with Gasteiger partial charge in [0.05, 0.1) is 0 Å². The van der Waals surface area contributed by atoms with E-state index in [1.165, 1.54) is 32.1 Å². The van der Waals surface area contributed by atoms with Gasteiger partial charge in [-0.15, -0.1) is 0 Å². The Morgan fingerprint density at radius 1 is 0.850 bits per heavy atom. The predicted octanol–water partition coefficient (Wildman–Crippen LogP) is 5.28. The van der Waals surface area contributed by atoms with Gasteiger partial charge >= 0.3 is 0 Å². The fraction of sp³-hybridized carbons (Fsp3) is 0.700. The standard InChI is InChI=1S/C20H28/c1-3-17-6-5-7-18(4-2)19(17)20-11-14-8-15(12-20)10-16(9-14)13-20/h5-7,14-16H,3-4,8-13H2,1-2H3. The van der Waals surface area contributed by atoms with Crippen molar-refractivity contribution in [2.24, 2.45) is 17.8 Å². The molecule has 0 atom stereocenters. The lowest BCUT2D eigenvalue weighted by atomic mass is 9.47. The van der Waals surface area contributed by atoms with Crippen LogP contribution in [0.2, 0.25) is 0 Å². The van der Waals surface area contributed by atoms with E-state index < -0.39 is 0 Å². The van der Waals surface area contributed by atoms with Gasteiger partial charge in [-0.25, -0.2) is 0 Å². The quantitative estimate of drug-likeness (QED) is 0.699. The van der Waals surface area contributed by atoms with Crippen LogP contribution < -0.4 is 0 Å². The highest BCUT2D eigenvalue weighted by Crippen LogP contribution is 2.61. The number of benzene rings is 1. The molecule has 0 saturated heterocycles. The number of rotatable bonds is 3. The monoisotopic (exact) mass is 268 g/mol. The van der Waals surface area contributed by atoms with Crippen LogP contribution in [-0.4, -0.2) is 0 Å². The first-order valence-electron chi connectivity index (χ1n) is 8.85. The van der Waals surface area contributed by atoms with Crippen LogP contribution in [0.5, 0.6) is 0 Å². The first-order chi connectivity index (χ1) is 9.74. The van der Waals surface area contributed by atoms with Crippen LogP contribution in [-0.2, 0) is 18.3 Å². The molecule has 0 radical (unpaired) electrons. The third kappa shape index (κ3) is 1.80. The van der Waals surface area contributed by atoms with Crippen LogP contribution in [0.4, 0.5) is 0 Å². The van der Waals surface area contributed by atoms with Crippen molar-refractivity contribution in [3.8, 4) is 0 Å². The number of hydrogen-bond acceptors (Lipinski definition) is 0. The highest BCUT2D eigenvalue weighted by molar-refractivity contribution is 5.43. The highest BCUT2D eigenvalue weighted by atomic mass is 14.6. The maximum absolute atomic E-state index is 2.41. The molecular weight excluding hydrogens is 240 g/mol. The average molecular weight is 268 g/mol. The second kappa shape index (κ2) is 4.61. The summed E-state index contributed by atoms with van der Waals surface area (Å²) in [6, 6.07) is 7.11. The smallest absolute Gasteiger partial charge is 0.00336 e. The number of hydrogen-bond donors (Lipinski definition) is 0. The summed E-state index contributed by atoms with van der Waals surface area (Å²) in [5, 5.41) is 0. The lowest BCUT2D eigenvalue weighted by Gasteiger charge is -2.58. The summed E-state index contributed by atoms with van der Waals surface area (Å²) in [5.41, 5.74) is 5.70. The minimum atomic E-state index is 0.576. The molecule has 4 bridgehead atoms. The molecule has 0 aliphatic heterocycles. The van der Waals surface area contributed by atoms with Crippen molar-refractivity contribution in [3.05, 3.63) is 34.9 Å². The van der Waals surface area contributed by atoms with Gasteiger partial charge in [0.25, 0.3) is 0 Å². The maximum Gasteiger partial charge on any atom is -0.00336 e. The summed E-state index contributed by atoms with van der Waals surface area (Å²) in [4.78, 5) is 0. The zero-order valence-corrected chi connectivity index (χ0v) is 13.1. The molecule has 0 N–H and O–H groups in total. The summed E-state index contributed by atoms with van der Waals surface area (Å²) in [6.45, 7) is 4.69. The lowest BCUT2D eigenvalue weighted by molar-refractivity contribution is -0.00593. The van der Waals surface area contributed by atoms with Crippen LogP contribution in [0.3, 0.4) is 0 Å². The predicted molar refractivity (Wildman–Crippen MR) is 85.0 cm³/mol. The van der Waals surface area contributed by atoms with Crippen LogP contribution in [0.25, 0.3) is 0 Å². The van der Waals surface area contributed by atoms with E-state index in [2.05, 4.69) is 32.0 Å². The van der Waals surface area contributed by atoms with Crippen molar-refractivity contribution in [3.63, 3.8) is 0 Å². The normalized spacial score (nSPS) is 38.4. The Morgan fingerprint density at radius 3 is 1.70 bits per heavy atom. The fourth-order valence-electron chi connectivity index (χ4n) is 6.34. The Labute approximate surface area is 124 Å². The molecule has 0 aromatic heterocycles. The summed E-state index contributed by atoms with van der Waals surface area (Å²) in [5.74, 6) is 3.16. The van der Waals surface area contributed by atoms with Gasteiger partial charge in [-0.1, -0.05) is 32.0 Å². The summed E-state index contributed by atoms with van der Waals surface area (Å²) < 4.78 is 0. The molecule has 1 aromatic rings. The Bertz CT molecular complexity index is 453. The first-order valence-corrected chi connectivity index (χ1v) is 8.85. The molecule has 0 heterocycles. The molecule has 0 nitrogen and oxygen atoms in total. The lowest BCUT2D eigenvalue weighted by Crippen LogP contribution is -2.49. The summed E-state index contributed by atoms with van der Waals surface area (Å²) >= 11 is 0. The molecule has 5 rings (SSSR count). The minimum Gasteiger partial charge on any atom is -0.0617 e. The minimum absolute atomic E-state index is 0.576. The van der Waals surface area contributed by atoms with Gasteiger partial charge in [0.15, 0.2) is 0 Å². The number of aryl methyl sites for hydroxylation is 2. The van der Waals surface area contributed by atoms with Gasteiger partial charge in [0.2, 0.25) is 0 Å². The zero-order valence-electron chi connectivity index (χ0n) is 13.1. The van der Waals surface area contributed by atoms with Gasteiger partial charge in [0.1, 0.15) is 0 Å². The molecule has 0 spiro atoms. The molecule has 0 unspecified atom stereocenters. The van der Waals surface area contributed by atoms with Crippen molar-refractivity contribution in [1.29, 1.82) is 0 Å². The third-order valence-corrected chi connectivity index (χ3v) is 6.57. The topological polar surface area (TPSA) is 0 Å². The average Bonchev–Trinajstić information content (AvgIpc) is 2.45. The second-order valence-electron chi connectivity index (χ2n) is 7.86. The van der Waals surface area contributed by atoms with E-state index in [9.17, 15) is 0 Å². The van der Waals surface area contributed by atoms with Gasteiger partial charge in [0, 0.05) is 0 Å². The van der Waals surface area contributed by atoms with Crippen molar-refractivity contribution in [2.75, 3.05) is 0 Å². The molecule has 20 heavy (non-hydrogen) atoms. The maximum atomic E-state index is 2.41. The van der Waals surface area contributed by atoms with E-state index in [-0.39, 0.29) is 0 Å². The van der Waals surface area contributed by atoms with Crippen LogP contribution in [0.1, 0.15) is 69.1 Å². The summed E-state index contributed by atoms with van der Waals surface area (Å²) in [7, 11) is 0. The van der Waals surface area contributed by atoms with E-state index in [4.69, 9.17) is 0 Å². The van der Waals surface area contributed by atoms with Gasteiger partial charge in [-0.3, -0.25) is 0 Å². The third-order valence-electron chi connectivity index (χ3n) is 6.57. The Hall–Kier alpha value is -0.780. The Balaban J connectivity index is 1.84. The first kappa shape index (κ1) is 12.9. The SMILES string of the molecule is CCc1cccc(CC)c1C12CC3CC(CC(C3)C1)C2. The van der Waals surface area contributed by atoms with E-state index in [1.54, 1.807) is 30.4 Å². The Kier molecular flexibility index (Phi) is 2.98. The van der Waals surface area contributed by atoms with Crippen LogP contribution in [0.15, 0.2) is 18.2 Å². The van der Waals surface area contributed by atoms with Gasteiger partial charge in [-0.05, 0) is 91.2 Å². The largest absolute Gasteiger partial charge is 0.0617 e. The molecule has 108 valence electrons. The molecule has 4 aliphatic carbocycles. The van der Waals surface area contributed by atoms with Crippen LogP contribution in [0, 0.1) is 17.8 Å². The van der Waals surface area contributed by atoms with Crippen molar-refractivity contribution < 1.29 is 0 Å². The van der Waals surface area contributed by atoms with Gasteiger partial charge < -0.3 is 0 Å². The van der Waals surface area contributed by atoms with E-state index in [0.717, 1.165) is 17.8 Å². The molecule has 4 saturated carbocycles. The molecule has 4 fully saturated rings. The van der Waals surface area contributed by atoms with Gasteiger partial charge in [-0.2, -0.15) is 0 Å². The van der Waals surface area contributed by atoms with Crippen molar-refractivity contribution in [1.82, 2.24) is 0 Å². The summed E-state index contributed by atoms with van der Waals surface area (Å²) in [6.07, 6.45) is 11.6. The van der Waals surface area contributed by atoms with Crippen LogP contribution >= 0.6 is 0 Å². The second-order valence-corrected chi connectivity index (χ2v) is 7.86. The molecular formula is C20H28. The fourth-order valence-corrected chi connectivity index (χ4v) is 6.34. The van der Waals surface area contributed by atoms with Crippen molar-refractivity contribution >= 4 is 0 Å².